The lowest BCUT2D eigenvalue weighted by atomic mass is 10.3. The Morgan fingerprint density at radius 3 is 3.07 bits per heavy atom. The summed E-state index contributed by atoms with van der Waals surface area (Å²) in [4.78, 5) is 4.21. The van der Waals surface area contributed by atoms with Crippen LogP contribution in [0.1, 0.15) is 19.5 Å². The van der Waals surface area contributed by atoms with Gasteiger partial charge >= 0.3 is 0 Å². The molecule has 0 saturated carbocycles. The molecule has 2 aromatic heterocycles. The van der Waals surface area contributed by atoms with Crippen molar-refractivity contribution in [3.05, 3.63) is 23.3 Å². The van der Waals surface area contributed by atoms with Crippen LogP contribution in [0.4, 0.5) is 0 Å². The van der Waals surface area contributed by atoms with E-state index in [2.05, 4.69) is 34.3 Å². The van der Waals surface area contributed by atoms with E-state index >= 15 is 0 Å². The van der Waals surface area contributed by atoms with Crippen molar-refractivity contribution < 1.29 is 0 Å². The van der Waals surface area contributed by atoms with Gasteiger partial charge in [-0.05, 0) is 6.07 Å². The van der Waals surface area contributed by atoms with E-state index in [1.807, 2.05) is 11.4 Å². The van der Waals surface area contributed by atoms with Gasteiger partial charge in [0.15, 0.2) is 0 Å². The predicted octanol–water partition coefficient (Wildman–Crippen LogP) is 2.03. The molecule has 0 aliphatic rings. The zero-order valence-corrected chi connectivity index (χ0v) is 9.64. The van der Waals surface area contributed by atoms with E-state index in [4.69, 9.17) is 0 Å². The highest BCUT2D eigenvalue weighted by atomic mass is 32.1. The summed E-state index contributed by atoms with van der Waals surface area (Å²) in [5.41, 5.74) is 2.01. The third-order valence-corrected chi connectivity index (χ3v) is 2.78. The van der Waals surface area contributed by atoms with Crippen LogP contribution in [0.3, 0.4) is 0 Å². The van der Waals surface area contributed by atoms with Crippen LogP contribution in [-0.4, -0.2) is 21.2 Å². The monoisotopic (exact) mass is 222 g/mol. The zero-order chi connectivity index (χ0) is 10.7. The molecule has 2 heterocycles. The Morgan fingerprint density at radius 2 is 2.40 bits per heavy atom. The Kier molecular flexibility index (Phi) is 3.13. The van der Waals surface area contributed by atoms with Gasteiger partial charge in [-0.25, -0.2) is 4.98 Å². The Morgan fingerprint density at radius 1 is 1.53 bits per heavy atom. The summed E-state index contributed by atoms with van der Waals surface area (Å²) in [6.07, 6.45) is 1.79. The second-order valence-corrected chi connectivity index (χ2v) is 4.55. The van der Waals surface area contributed by atoms with E-state index in [9.17, 15) is 0 Å². The zero-order valence-electron chi connectivity index (χ0n) is 8.82. The largest absolute Gasteiger partial charge is 0.309 e. The predicted molar refractivity (Wildman–Crippen MR) is 61.7 cm³/mol. The standard InChI is InChI=1S/C10H14N4S/c1-7(2)12-6-8-5-9(14-13-8)10-11-3-4-15-10/h3-5,7,12H,6H2,1-2H3,(H,13,14). The Bertz CT molecular complexity index is 405. The molecule has 80 valence electrons. The molecule has 2 aromatic rings. The Labute approximate surface area is 92.8 Å². The van der Waals surface area contributed by atoms with Crippen molar-refractivity contribution in [2.75, 3.05) is 0 Å². The molecular weight excluding hydrogens is 208 g/mol. The normalized spacial score (nSPS) is 11.1. The smallest absolute Gasteiger partial charge is 0.143 e. The van der Waals surface area contributed by atoms with Gasteiger partial charge in [0, 0.05) is 29.9 Å². The van der Waals surface area contributed by atoms with Crippen LogP contribution < -0.4 is 5.32 Å². The first-order valence-electron chi connectivity index (χ1n) is 4.93. The number of H-pyrrole nitrogens is 1. The molecule has 15 heavy (non-hydrogen) atoms. The molecular formula is C10H14N4S. The highest BCUT2D eigenvalue weighted by Gasteiger charge is 2.05. The Balaban J connectivity index is 2.04. The second-order valence-electron chi connectivity index (χ2n) is 3.65. The summed E-state index contributed by atoms with van der Waals surface area (Å²) in [5.74, 6) is 0. The molecule has 0 unspecified atom stereocenters. The molecule has 0 aliphatic heterocycles. The number of hydrogen-bond acceptors (Lipinski definition) is 4. The maximum Gasteiger partial charge on any atom is 0.143 e. The summed E-state index contributed by atoms with van der Waals surface area (Å²) >= 11 is 1.60. The van der Waals surface area contributed by atoms with Crippen molar-refractivity contribution >= 4 is 11.3 Å². The van der Waals surface area contributed by atoms with Crippen molar-refractivity contribution in [2.24, 2.45) is 0 Å². The van der Waals surface area contributed by atoms with Crippen LogP contribution in [0.15, 0.2) is 17.6 Å². The second kappa shape index (κ2) is 4.55. The maximum atomic E-state index is 4.22. The van der Waals surface area contributed by atoms with Crippen molar-refractivity contribution in [3.63, 3.8) is 0 Å². The van der Waals surface area contributed by atoms with Gasteiger partial charge in [-0.15, -0.1) is 11.3 Å². The van der Waals surface area contributed by atoms with E-state index in [0.717, 1.165) is 22.9 Å². The topological polar surface area (TPSA) is 53.6 Å². The minimum absolute atomic E-state index is 0.483. The van der Waals surface area contributed by atoms with Crippen LogP contribution in [0.5, 0.6) is 0 Å². The minimum atomic E-state index is 0.483. The third kappa shape index (κ3) is 2.64. The van der Waals surface area contributed by atoms with Crippen molar-refractivity contribution in [1.29, 1.82) is 0 Å². The lowest BCUT2D eigenvalue weighted by Gasteiger charge is -2.04. The molecule has 4 nitrogen and oxygen atoms in total. The van der Waals surface area contributed by atoms with Crippen LogP contribution in [0, 0.1) is 0 Å². The van der Waals surface area contributed by atoms with E-state index in [0.29, 0.717) is 6.04 Å². The van der Waals surface area contributed by atoms with Gasteiger partial charge in [0.1, 0.15) is 10.7 Å². The fourth-order valence-corrected chi connectivity index (χ4v) is 1.82. The summed E-state index contributed by atoms with van der Waals surface area (Å²) < 4.78 is 0. The molecule has 2 rings (SSSR count). The minimum Gasteiger partial charge on any atom is -0.309 e. The van der Waals surface area contributed by atoms with Crippen LogP contribution in [-0.2, 0) is 6.54 Å². The first kappa shape index (κ1) is 10.3. The average Bonchev–Trinajstić information content (AvgIpc) is 2.85. The van der Waals surface area contributed by atoms with Gasteiger partial charge in [-0.3, -0.25) is 5.10 Å². The summed E-state index contributed by atoms with van der Waals surface area (Å²) in [7, 11) is 0. The molecule has 2 N–H and O–H groups in total. The molecule has 0 aliphatic carbocycles. The molecule has 0 bridgehead atoms. The van der Waals surface area contributed by atoms with Crippen molar-refractivity contribution in [2.45, 2.75) is 26.4 Å². The van der Waals surface area contributed by atoms with Gasteiger partial charge < -0.3 is 5.32 Å². The lowest BCUT2D eigenvalue weighted by molar-refractivity contribution is 0.580. The summed E-state index contributed by atoms with van der Waals surface area (Å²) in [6, 6.07) is 2.52. The molecule has 0 atom stereocenters. The maximum absolute atomic E-state index is 4.22. The first-order chi connectivity index (χ1) is 7.25. The molecule has 0 saturated heterocycles. The van der Waals surface area contributed by atoms with Crippen LogP contribution in [0.2, 0.25) is 0 Å². The van der Waals surface area contributed by atoms with Crippen LogP contribution in [0.25, 0.3) is 10.7 Å². The summed E-state index contributed by atoms with van der Waals surface area (Å²) in [5, 5.41) is 13.5. The number of aromatic nitrogens is 3. The van der Waals surface area contributed by atoms with Gasteiger partial charge in [0.25, 0.3) is 0 Å². The highest BCUT2D eigenvalue weighted by Crippen LogP contribution is 2.19. The lowest BCUT2D eigenvalue weighted by Crippen LogP contribution is -2.21. The van der Waals surface area contributed by atoms with Gasteiger partial charge in [0.05, 0.1) is 0 Å². The van der Waals surface area contributed by atoms with E-state index < -0.39 is 0 Å². The fraction of sp³-hybridized carbons (Fsp3) is 0.400. The van der Waals surface area contributed by atoms with Crippen LogP contribution >= 0.6 is 11.3 Å². The first-order valence-corrected chi connectivity index (χ1v) is 5.81. The number of nitrogens with zero attached hydrogens (tertiary/aromatic N) is 2. The number of aromatic amines is 1. The number of thiazole rings is 1. The SMILES string of the molecule is CC(C)NCc1cc(-c2nccs2)n[nH]1. The fourth-order valence-electron chi connectivity index (χ4n) is 1.23. The molecule has 0 amide bonds. The van der Waals surface area contributed by atoms with Crippen molar-refractivity contribution in [3.8, 4) is 10.7 Å². The van der Waals surface area contributed by atoms with E-state index in [1.165, 1.54) is 0 Å². The highest BCUT2D eigenvalue weighted by molar-refractivity contribution is 7.13. The molecule has 0 aromatic carbocycles. The number of nitrogens with one attached hydrogen (secondary N) is 2. The molecule has 0 radical (unpaired) electrons. The number of rotatable bonds is 4. The van der Waals surface area contributed by atoms with E-state index in [1.54, 1.807) is 17.5 Å². The van der Waals surface area contributed by atoms with Crippen molar-refractivity contribution in [1.82, 2.24) is 20.5 Å². The van der Waals surface area contributed by atoms with Gasteiger partial charge in [-0.2, -0.15) is 5.10 Å². The molecule has 5 heteroatoms. The number of hydrogen-bond donors (Lipinski definition) is 2. The molecule has 0 fully saturated rings. The third-order valence-electron chi connectivity index (χ3n) is 1.98. The van der Waals surface area contributed by atoms with Gasteiger partial charge in [0.2, 0.25) is 0 Å². The van der Waals surface area contributed by atoms with Gasteiger partial charge in [-0.1, -0.05) is 13.8 Å². The average molecular weight is 222 g/mol. The quantitative estimate of drug-likeness (QED) is 0.832. The summed E-state index contributed by atoms with van der Waals surface area (Å²) in [6.45, 7) is 5.06. The van der Waals surface area contributed by atoms with E-state index in [-0.39, 0.29) is 0 Å². The Hall–Kier alpha value is -1.20. The molecule has 0 spiro atoms.